The third-order valence-corrected chi connectivity index (χ3v) is 4.70. The fourth-order valence-electron chi connectivity index (χ4n) is 2.12. The van der Waals surface area contributed by atoms with Crippen LogP contribution in [0.25, 0.3) is 0 Å². The van der Waals surface area contributed by atoms with E-state index in [9.17, 15) is 0 Å². The second kappa shape index (κ2) is 8.95. The van der Waals surface area contributed by atoms with Crippen LogP contribution in [-0.4, -0.2) is 13.2 Å². The molecule has 2 rings (SSSR count). The van der Waals surface area contributed by atoms with Crippen molar-refractivity contribution in [3.05, 3.63) is 56.0 Å². The van der Waals surface area contributed by atoms with Crippen LogP contribution in [0.5, 0.6) is 11.5 Å². The van der Waals surface area contributed by atoms with E-state index in [0.29, 0.717) is 34.2 Å². The number of ether oxygens (including phenoxy) is 2. The second-order valence-electron chi connectivity index (χ2n) is 5.68. The number of methoxy groups -OCH3 is 1. The lowest BCUT2D eigenvalue weighted by atomic mass is 10.2. The van der Waals surface area contributed by atoms with E-state index in [2.05, 4.69) is 35.1 Å². The van der Waals surface area contributed by atoms with Crippen molar-refractivity contribution >= 4 is 39.1 Å². The van der Waals surface area contributed by atoms with Gasteiger partial charge < -0.3 is 14.8 Å². The Kier molecular flexibility index (Phi) is 7.23. The quantitative estimate of drug-likeness (QED) is 0.595. The molecular formula is C18H20BrCl2NO2. The van der Waals surface area contributed by atoms with Crippen LogP contribution >= 0.6 is 39.1 Å². The number of benzene rings is 2. The summed E-state index contributed by atoms with van der Waals surface area (Å²) in [6, 6.07) is 9.86. The molecular weight excluding hydrogens is 413 g/mol. The van der Waals surface area contributed by atoms with Crippen molar-refractivity contribution in [3.63, 3.8) is 0 Å². The average molecular weight is 433 g/mol. The van der Waals surface area contributed by atoms with Gasteiger partial charge >= 0.3 is 0 Å². The summed E-state index contributed by atoms with van der Waals surface area (Å²) in [6.07, 6.45) is 0. The maximum absolute atomic E-state index is 6.04. The van der Waals surface area contributed by atoms with Crippen LogP contribution in [0.1, 0.15) is 25.0 Å². The highest BCUT2D eigenvalue weighted by atomic mass is 79.9. The van der Waals surface area contributed by atoms with Gasteiger partial charge in [-0.1, -0.05) is 43.1 Å². The molecule has 0 fully saturated rings. The minimum atomic E-state index is 0.370. The molecule has 0 bridgehead atoms. The lowest BCUT2D eigenvalue weighted by Gasteiger charge is -2.16. The van der Waals surface area contributed by atoms with E-state index in [1.165, 1.54) is 0 Å². The van der Waals surface area contributed by atoms with Crippen LogP contribution in [0.4, 0.5) is 0 Å². The zero-order chi connectivity index (χ0) is 17.7. The highest BCUT2D eigenvalue weighted by Crippen LogP contribution is 2.37. The van der Waals surface area contributed by atoms with E-state index < -0.39 is 0 Å². The Balaban J connectivity index is 2.15. The molecule has 2 aromatic rings. The van der Waals surface area contributed by atoms with E-state index in [1.807, 2.05) is 18.2 Å². The largest absolute Gasteiger partial charge is 0.493 e. The van der Waals surface area contributed by atoms with Crippen molar-refractivity contribution in [2.45, 2.75) is 33.0 Å². The van der Waals surface area contributed by atoms with Crippen molar-refractivity contribution in [1.82, 2.24) is 5.32 Å². The second-order valence-corrected chi connectivity index (χ2v) is 7.35. The van der Waals surface area contributed by atoms with Gasteiger partial charge in [-0.3, -0.25) is 0 Å². The van der Waals surface area contributed by atoms with Gasteiger partial charge in [0.25, 0.3) is 0 Å². The van der Waals surface area contributed by atoms with E-state index in [4.69, 9.17) is 32.7 Å². The minimum absolute atomic E-state index is 0.370. The summed E-state index contributed by atoms with van der Waals surface area (Å²) in [5.41, 5.74) is 2.05. The summed E-state index contributed by atoms with van der Waals surface area (Å²) >= 11 is 15.5. The Bertz CT molecular complexity index is 708. The molecule has 0 aromatic heterocycles. The highest BCUT2D eigenvalue weighted by molar-refractivity contribution is 9.10. The molecule has 1 N–H and O–H groups in total. The molecule has 6 heteroatoms. The smallest absolute Gasteiger partial charge is 0.175 e. The summed E-state index contributed by atoms with van der Waals surface area (Å²) in [7, 11) is 1.63. The van der Waals surface area contributed by atoms with Gasteiger partial charge in [0, 0.05) is 12.6 Å². The fourth-order valence-corrected chi connectivity index (χ4v) is 3.05. The van der Waals surface area contributed by atoms with Gasteiger partial charge in [-0.2, -0.15) is 0 Å². The number of hydrogen-bond acceptors (Lipinski definition) is 3. The van der Waals surface area contributed by atoms with Crippen LogP contribution < -0.4 is 14.8 Å². The van der Waals surface area contributed by atoms with Gasteiger partial charge in [0.1, 0.15) is 6.61 Å². The molecule has 0 atom stereocenters. The van der Waals surface area contributed by atoms with Gasteiger partial charge in [-0.05, 0) is 51.3 Å². The standard InChI is InChI=1S/C18H20BrCl2NO2/c1-11(2)22-9-13-6-14(19)18(17(8-13)23-3)24-10-12-4-5-15(20)16(21)7-12/h4-8,11,22H,9-10H2,1-3H3. The van der Waals surface area contributed by atoms with Gasteiger partial charge in [-0.15, -0.1) is 0 Å². The van der Waals surface area contributed by atoms with Crippen LogP contribution in [0.15, 0.2) is 34.8 Å². The Hall–Kier alpha value is -0.940. The average Bonchev–Trinajstić information content (AvgIpc) is 2.54. The van der Waals surface area contributed by atoms with Crippen LogP contribution in [0, 0.1) is 0 Å². The summed E-state index contributed by atoms with van der Waals surface area (Å²) < 4.78 is 12.3. The molecule has 130 valence electrons. The van der Waals surface area contributed by atoms with Gasteiger partial charge in [0.15, 0.2) is 11.5 Å². The molecule has 0 aliphatic rings. The third-order valence-electron chi connectivity index (χ3n) is 3.37. The lowest BCUT2D eigenvalue weighted by molar-refractivity contribution is 0.282. The molecule has 0 heterocycles. The number of hydrogen-bond donors (Lipinski definition) is 1. The summed E-state index contributed by atoms with van der Waals surface area (Å²) in [4.78, 5) is 0. The first kappa shape index (κ1) is 19.4. The normalized spacial score (nSPS) is 11.0. The lowest BCUT2D eigenvalue weighted by Crippen LogP contribution is -2.21. The summed E-state index contributed by atoms with van der Waals surface area (Å²) in [5.74, 6) is 1.35. The maximum Gasteiger partial charge on any atom is 0.175 e. The van der Waals surface area contributed by atoms with Gasteiger partial charge in [-0.25, -0.2) is 0 Å². The van der Waals surface area contributed by atoms with Crippen molar-refractivity contribution in [2.24, 2.45) is 0 Å². The van der Waals surface area contributed by atoms with Crippen molar-refractivity contribution in [3.8, 4) is 11.5 Å². The predicted molar refractivity (Wildman–Crippen MR) is 103 cm³/mol. The topological polar surface area (TPSA) is 30.5 Å². The van der Waals surface area contributed by atoms with Crippen molar-refractivity contribution < 1.29 is 9.47 Å². The van der Waals surface area contributed by atoms with Gasteiger partial charge in [0.2, 0.25) is 0 Å². The first-order valence-corrected chi connectivity index (χ1v) is 9.12. The number of nitrogens with one attached hydrogen (secondary N) is 1. The Labute approximate surface area is 161 Å². The Morgan fingerprint density at radius 2 is 1.83 bits per heavy atom. The maximum atomic E-state index is 6.04. The van der Waals surface area contributed by atoms with Crippen LogP contribution in [0.3, 0.4) is 0 Å². The fraction of sp³-hybridized carbons (Fsp3) is 0.333. The van der Waals surface area contributed by atoms with Gasteiger partial charge in [0.05, 0.1) is 21.6 Å². The SMILES string of the molecule is COc1cc(CNC(C)C)cc(Br)c1OCc1ccc(Cl)c(Cl)c1. The molecule has 0 spiro atoms. The van der Waals surface area contributed by atoms with E-state index in [0.717, 1.165) is 22.1 Å². The van der Waals surface area contributed by atoms with Crippen LogP contribution in [0.2, 0.25) is 10.0 Å². The summed E-state index contributed by atoms with van der Waals surface area (Å²) in [6.45, 7) is 5.36. The Morgan fingerprint density at radius 1 is 1.08 bits per heavy atom. The van der Waals surface area contributed by atoms with E-state index in [-0.39, 0.29) is 0 Å². The molecule has 0 saturated heterocycles. The molecule has 0 amide bonds. The minimum Gasteiger partial charge on any atom is -0.493 e. The molecule has 0 saturated carbocycles. The predicted octanol–water partition coefficient (Wildman–Crippen LogP) is 5.84. The monoisotopic (exact) mass is 431 g/mol. The molecule has 3 nitrogen and oxygen atoms in total. The van der Waals surface area contributed by atoms with Crippen LogP contribution in [-0.2, 0) is 13.2 Å². The first-order valence-electron chi connectivity index (χ1n) is 7.57. The number of halogens is 3. The van der Waals surface area contributed by atoms with E-state index in [1.54, 1.807) is 19.2 Å². The first-order chi connectivity index (χ1) is 11.4. The molecule has 0 radical (unpaired) electrons. The molecule has 0 aliphatic heterocycles. The number of rotatable bonds is 7. The van der Waals surface area contributed by atoms with Crippen molar-refractivity contribution in [2.75, 3.05) is 7.11 Å². The van der Waals surface area contributed by atoms with E-state index >= 15 is 0 Å². The zero-order valence-electron chi connectivity index (χ0n) is 13.8. The highest BCUT2D eigenvalue weighted by Gasteiger charge is 2.12. The molecule has 0 aliphatic carbocycles. The summed E-state index contributed by atoms with van der Waals surface area (Å²) in [5, 5.41) is 4.43. The zero-order valence-corrected chi connectivity index (χ0v) is 16.9. The van der Waals surface area contributed by atoms with Crippen molar-refractivity contribution in [1.29, 1.82) is 0 Å². The molecule has 2 aromatic carbocycles. The third kappa shape index (κ3) is 5.28. The molecule has 24 heavy (non-hydrogen) atoms. The molecule has 0 unspecified atom stereocenters. The Morgan fingerprint density at radius 3 is 2.46 bits per heavy atom.